The summed E-state index contributed by atoms with van der Waals surface area (Å²) in [6.07, 6.45) is 5.38. The maximum Gasteiger partial charge on any atom is 0.253 e. The number of amides is 1. The number of likely N-dealkylation sites (tertiary alicyclic amines) is 1. The van der Waals surface area contributed by atoms with E-state index in [0.717, 1.165) is 44.6 Å². The molecule has 5 nitrogen and oxygen atoms in total. The smallest absolute Gasteiger partial charge is 0.253 e. The molecular formula is C21H31N3O2. The minimum absolute atomic E-state index is 0.0766. The Bertz CT molecular complexity index is 669. The molecule has 0 bridgehead atoms. The second-order valence-electron chi connectivity index (χ2n) is 8.47. The van der Waals surface area contributed by atoms with Crippen LogP contribution in [0.3, 0.4) is 0 Å². The van der Waals surface area contributed by atoms with E-state index in [4.69, 9.17) is 0 Å². The van der Waals surface area contributed by atoms with E-state index in [9.17, 15) is 9.90 Å². The zero-order valence-corrected chi connectivity index (χ0v) is 15.9. The van der Waals surface area contributed by atoms with E-state index in [1.165, 1.54) is 24.0 Å². The summed E-state index contributed by atoms with van der Waals surface area (Å²) in [6, 6.07) is 6.20. The first-order valence-corrected chi connectivity index (χ1v) is 10.1. The number of fused-ring (bicyclic) bond motifs is 1. The minimum atomic E-state index is -0.764. The van der Waals surface area contributed by atoms with Crippen molar-refractivity contribution in [3.05, 3.63) is 34.9 Å². The summed E-state index contributed by atoms with van der Waals surface area (Å²) in [6.45, 7) is 5.88. The molecule has 0 saturated carbocycles. The van der Waals surface area contributed by atoms with Gasteiger partial charge in [-0.1, -0.05) is 6.07 Å². The normalized spacial score (nSPS) is 27.5. The van der Waals surface area contributed by atoms with Crippen LogP contribution in [-0.2, 0) is 12.8 Å². The number of hydrogen-bond donors (Lipinski definition) is 1. The van der Waals surface area contributed by atoms with Crippen LogP contribution in [0.2, 0.25) is 0 Å². The number of carbonyl (C=O) groups is 1. The average molecular weight is 357 g/mol. The first-order chi connectivity index (χ1) is 12.5. The number of likely N-dealkylation sites (N-methyl/N-ethyl adjacent to an activating group) is 1. The van der Waals surface area contributed by atoms with Crippen molar-refractivity contribution in [3.63, 3.8) is 0 Å². The third-order valence-electron chi connectivity index (χ3n) is 6.33. The zero-order valence-electron chi connectivity index (χ0n) is 15.9. The first-order valence-electron chi connectivity index (χ1n) is 10.1. The van der Waals surface area contributed by atoms with Crippen molar-refractivity contribution in [2.45, 2.75) is 37.7 Å². The second-order valence-corrected chi connectivity index (χ2v) is 8.47. The van der Waals surface area contributed by atoms with Crippen LogP contribution < -0.4 is 0 Å². The minimum Gasteiger partial charge on any atom is -0.387 e. The summed E-state index contributed by atoms with van der Waals surface area (Å²) in [4.78, 5) is 19.5. The number of benzene rings is 1. The van der Waals surface area contributed by atoms with E-state index in [-0.39, 0.29) is 5.91 Å². The topological polar surface area (TPSA) is 47.0 Å². The first kappa shape index (κ1) is 18.0. The van der Waals surface area contributed by atoms with E-state index in [0.29, 0.717) is 26.1 Å². The summed E-state index contributed by atoms with van der Waals surface area (Å²) in [5.74, 6) is 0.0766. The van der Waals surface area contributed by atoms with Crippen LogP contribution in [0.5, 0.6) is 0 Å². The van der Waals surface area contributed by atoms with Gasteiger partial charge in [-0.3, -0.25) is 9.69 Å². The predicted molar refractivity (Wildman–Crippen MR) is 102 cm³/mol. The van der Waals surface area contributed by atoms with Crippen LogP contribution >= 0.6 is 0 Å². The van der Waals surface area contributed by atoms with Gasteiger partial charge in [-0.2, -0.15) is 0 Å². The number of carbonyl (C=O) groups excluding carboxylic acids is 1. The molecule has 142 valence electrons. The average Bonchev–Trinajstić information content (AvgIpc) is 3.04. The fraction of sp³-hybridized carbons (Fsp3) is 0.667. The van der Waals surface area contributed by atoms with Crippen LogP contribution in [0.4, 0.5) is 0 Å². The van der Waals surface area contributed by atoms with Crippen molar-refractivity contribution in [1.29, 1.82) is 0 Å². The number of β-amino-alcohol motifs (C(OH)–C–C–N with tert-alkyl or cyclic N) is 1. The maximum absolute atomic E-state index is 13.0. The SMILES string of the molecule is CN1CCN(C[C@@]2(O)CCN(C(=O)c3ccc4c(c3)CCCC4)C2)CC1. The van der Waals surface area contributed by atoms with Crippen molar-refractivity contribution < 1.29 is 9.90 Å². The van der Waals surface area contributed by atoms with Gasteiger partial charge in [0.2, 0.25) is 0 Å². The molecule has 2 aliphatic heterocycles. The van der Waals surface area contributed by atoms with Crippen LogP contribution in [0, 0.1) is 0 Å². The van der Waals surface area contributed by atoms with Gasteiger partial charge in [0.1, 0.15) is 0 Å². The van der Waals surface area contributed by atoms with Crippen molar-refractivity contribution >= 4 is 5.91 Å². The Hall–Kier alpha value is -1.43. The molecule has 1 atom stereocenters. The van der Waals surface area contributed by atoms with Gasteiger partial charge in [-0.15, -0.1) is 0 Å². The number of rotatable bonds is 3. The summed E-state index contributed by atoms with van der Waals surface area (Å²) >= 11 is 0. The van der Waals surface area contributed by atoms with Crippen molar-refractivity contribution in [3.8, 4) is 0 Å². The highest BCUT2D eigenvalue weighted by Crippen LogP contribution is 2.27. The molecule has 1 aliphatic carbocycles. The molecule has 1 aromatic rings. The molecule has 26 heavy (non-hydrogen) atoms. The third-order valence-corrected chi connectivity index (χ3v) is 6.33. The van der Waals surface area contributed by atoms with Gasteiger partial charge in [0.15, 0.2) is 0 Å². The predicted octanol–water partition coefficient (Wildman–Crippen LogP) is 1.39. The van der Waals surface area contributed by atoms with Crippen molar-refractivity contribution in [2.75, 3.05) is 52.9 Å². The maximum atomic E-state index is 13.0. The number of nitrogens with zero attached hydrogens (tertiary/aromatic N) is 3. The fourth-order valence-corrected chi connectivity index (χ4v) is 4.63. The Morgan fingerprint density at radius 1 is 1.08 bits per heavy atom. The van der Waals surface area contributed by atoms with E-state index < -0.39 is 5.60 Å². The highest BCUT2D eigenvalue weighted by atomic mass is 16.3. The van der Waals surface area contributed by atoms with Crippen LogP contribution in [-0.4, -0.2) is 84.2 Å². The van der Waals surface area contributed by atoms with Gasteiger partial charge in [0.25, 0.3) is 5.91 Å². The Labute approximate surface area is 156 Å². The van der Waals surface area contributed by atoms with Crippen LogP contribution in [0.15, 0.2) is 18.2 Å². The number of aryl methyl sites for hydroxylation is 2. The van der Waals surface area contributed by atoms with Gasteiger partial charge in [0.05, 0.1) is 12.1 Å². The lowest BCUT2D eigenvalue weighted by atomic mass is 9.90. The number of piperazine rings is 1. The number of hydrogen-bond acceptors (Lipinski definition) is 4. The van der Waals surface area contributed by atoms with Crippen LogP contribution in [0.1, 0.15) is 40.7 Å². The standard InChI is InChI=1S/C21H31N3O2/c1-22-10-12-23(13-11-22)15-21(26)8-9-24(16-21)20(25)19-7-6-17-4-2-3-5-18(17)14-19/h6-7,14,26H,2-5,8-13,15-16H2,1H3/t21-/m0/s1. The quantitative estimate of drug-likeness (QED) is 0.888. The lowest BCUT2D eigenvalue weighted by Crippen LogP contribution is -2.52. The zero-order chi connectivity index (χ0) is 18.1. The lowest BCUT2D eigenvalue weighted by Gasteiger charge is -2.36. The van der Waals surface area contributed by atoms with Gasteiger partial charge >= 0.3 is 0 Å². The molecular weight excluding hydrogens is 326 g/mol. The Balaban J connectivity index is 1.39. The molecule has 5 heteroatoms. The van der Waals surface area contributed by atoms with E-state index in [1.807, 2.05) is 11.0 Å². The molecule has 0 unspecified atom stereocenters. The lowest BCUT2D eigenvalue weighted by molar-refractivity contribution is 0.000525. The monoisotopic (exact) mass is 357 g/mol. The van der Waals surface area contributed by atoms with Gasteiger partial charge in [-0.05, 0) is 62.4 Å². The van der Waals surface area contributed by atoms with E-state index >= 15 is 0 Å². The molecule has 2 saturated heterocycles. The summed E-state index contributed by atoms with van der Waals surface area (Å²) < 4.78 is 0. The highest BCUT2D eigenvalue weighted by molar-refractivity contribution is 5.94. The fourth-order valence-electron chi connectivity index (χ4n) is 4.63. The molecule has 0 spiro atoms. The Morgan fingerprint density at radius 2 is 1.81 bits per heavy atom. The summed E-state index contributed by atoms with van der Waals surface area (Å²) in [7, 11) is 2.14. The Morgan fingerprint density at radius 3 is 2.58 bits per heavy atom. The molecule has 1 N–H and O–H groups in total. The van der Waals surface area contributed by atoms with Gasteiger partial charge in [-0.25, -0.2) is 0 Å². The molecule has 0 aromatic heterocycles. The molecule has 1 aromatic carbocycles. The summed E-state index contributed by atoms with van der Waals surface area (Å²) in [5.41, 5.74) is 2.77. The van der Waals surface area contributed by atoms with Gasteiger partial charge in [0, 0.05) is 44.8 Å². The van der Waals surface area contributed by atoms with Gasteiger partial charge < -0.3 is 14.9 Å². The molecule has 4 rings (SSSR count). The molecule has 2 heterocycles. The molecule has 0 radical (unpaired) electrons. The second kappa shape index (κ2) is 7.29. The van der Waals surface area contributed by atoms with E-state index in [1.54, 1.807) is 0 Å². The highest BCUT2D eigenvalue weighted by Gasteiger charge is 2.40. The van der Waals surface area contributed by atoms with Crippen molar-refractivity contribution in [1.82, 2.24) is 14.7 Å². The summed E-state index contributed by atoms with van der Waals surface area (Å²) in [5, 5.41) is 11.0. The largest absolute Gasteiger partial charge is 0.387 e. The van der Waals surface area contributed by atoms with Crippen LogP contribution in [0.25, 0.3) is 0 Å². The molecule has 2 fully saturated rings. The Kier molecular flexibility index (Phi) is 5.04. The third kappa shape index (κ3) is 3.80. The molecule has 1 amide bonds. The molecule has 3 aliphatic rings. The van der Waals surface area contributed by atoms with E-state index in [2.05, 4.69) is 29.0 Å². The van der Waals surface area contributed by atoms with Crippen molar-refractivity contribution in [2.24, 2.45) is 0 Å². The number of aliphatic hydroxyl groups is 1.